The van der Waals surface area contributed by atoms with Crippen molar-refractivity contribution in [3.05, 3.63) is 76.9 Å². The third-order valence-corrected chi connectivity index (χ3v) is 7.76. The number of fused-ring (bicyclic) bond motifs is 1. The minimum atomic E-state index is -4.58. The molecule has 242 valence electrons. The van der Waals surface area contributed by atoms with Crippen LogP contribution in [0, 0.1) is 17.8 Å². The highest BCUT2D eigenvalue weighted by atomic mass is 19.4. The number of nitrogens with zero attached hydrogens (tertiary/aromatic N) is 4. The van der Waals surface area contributed by atoms with Crippen LogP contribution in [-0.2, 0) is 24.6 Å². The molecule has 1 aliphatic heterocycles. The lowest BCUT2D eigenvalue weighted by Crippen LogP contribution is -2.27. The minimum Gasteiger partial charge on any atom is -0.345 e. The molecule has 2 amide bonds. The molecule has 2 heterocycles. The molecule has 1 fully saturated rings. The molecule has 1 saturated carbocycles. The van der Waals surface area contributed by atoms with Crippen molar-refractivity contribution < 1.29 is 22.8 Å². The van der Waals surface area contributed by atoms with Crippen molar-refractivity contribution in [1.29, 1.82) is 0 Å². The van der Waals surface area contributed by atoms with Gasteiger partial charge in [0.15, 0.2) is 0 Å². The average Bonchev–Trinajstić information content (AvgIpc) is 3.62. The zero-order valence-corrected chi connectivity index (χ0v) is 26.8. The summed E-state index contributed by atoms with van der Waals surface area (Å²) in [6.07, 6.45) is 1.46. The minimum absolute atomic E-state index is 0.0239. The molecule has 1 aromatic heterocycles. The second-order valence-corrected chi connectivity index (χ2v) is 11.1. The molecule has 1 atom stereocenters. The van der Waals surface area contributed by atoms with Crippen LogP contribution >= 0.6 is 0 Å². The highest BCUT2D eigenvalue weighted by Crippen LogP contribution is 2.44. The van der Waals surface area contributed by atoms with Gasteiger partial charge in [0.1, 0.15) is 12.7 Å². The maximum absolute atomic E-state index is 14.1. The van der Waals surface area contributed by atoms with Crippen LogP contribution in [0.5, 0.6) is 0 Å². The van der Waals surface area contributed by atoms with Crippen LogP contribution < -0.4 is 15.5 Å². The van der Waals surface area contributed by atoms with Crippen molar-refractivity contribution in [2.45, 2.75) is 78.6 Å². The number of alkyl halides is 3. The first kappa shape index (κ1) is 35.3. The number of amides is 2. The molecule has 0 saturated heterocycles. The Labute approximate surface area is 263 Å². The highest BCUT2D eigenvalue weighted by molar-refractivity contribution is 6.10. The van der Waals surface area contributed by atoms with E-state index in [9.17, 15) is 22.8 Å². The summed E-state index contributed by atoms with van der Waals surface area (Å²) in [5.41, 5.74) is 1.53. The molecule has 5 rings (SSSR count). The first-order chi connectivity index (χ1) is 21.5. The van der Waals surface area contributed by atoms with Crippen molar-refractivity contribution in [1.82, 2.24) is 25.4 Å². The summed E-state index contributed by atoms with van der Waals surface area (Å²) in [6.45, 7) is 10.3. The van der Waals surface area contributed by atoms with Gasteiger partial charge in [-0.3, -0.25) is 9.59 Å². The van der Waals surface area contributed by atoms with E-state index in [1.165, 1.54) is 4.90 Å². The van der Waals surface area contributed by atoms with Crippen LogP contribution in [0.3, 0.4) is 0 Å². The van der Waals surface area contributed by atoms with Gasteiger partial charge < -0.3 is 20.1 Å². The number of hydrogen-bond donors (Lipinski definition) is 2. The van der Waals surface area contributed by atoms with Gasteiger partial charge in [0, 0.05) is 30.9 Å². The lowest BCUT2D eigenvalue weighted by Gasteiger charge is -2.33. The molecule has 2 aliphatic rings. The summed E-state index contributed by atoms with van der Waals surface area (Å²) in [5, 5.41) is 12.9. The molecule has 1 unspecified atom stereocenters. The molecule has 0 spiro atoms. The predicted octanol–water partition coefficient (Wildman–Crippen LogP) is 6.40. The molecule has 0 bridgehead atoms. The quantitative estimate of drug-likeness (QED) is 0.224. The van der Waals surface area contributed by atoms with Crippen LogP contribution in [0.15, 0.2) is 49.1 Å². The van der Waals surface area contributed by atoms with Gasteiger partial charge in [0.25, 0.3) is 11.8 Å². The van der Waals surface area contributed by atoms with Crippen LogP contribution in [-0.4, -0.2) is 39.7 Å². The summed E-state index contributed by atoms with van der Waals surface area (Å²) in [6, 6.07) is 9.97. The number of hydrogen-bond acceptors (Lipinski definition) is 5. The molecular weight excluding hydrogens is 581 g/mol. The fourth-order valence-corrected chi connectivity index (χ4v) is 5.40. The van der Waals surface area contributed by atoms with Crippen molar-refractivity contribution >= 4 is 17.5 Å². The van der Waals surface area contributed by atoms with Gasteiger partial charge in [-0.2, -0.15) is 13.2 Å². The fourth-order valence-electron chi connectivity index (χ4n) is 5.40. The molecule has 45 heavy (non-hydrogen) atoms. The molecule has 2 N–H and O–H groups in total. The molecule has 2 aromatic carbocycles. The predicted molar refractivity (Wildman–Crippen MR) is 169 cm³/mol. The van der Waals surface area contributed by atoms with E-state index in [4.69, 9.17) is 0 Å². The Morgan fingerprint density at radius 1 is 1.11 bits per heavy atom. The van der Waals surface area contributed by atoms with E-state index in [-0.39, 0.29) is 23.6 Å². The van der Waals surface area contributed by atoms with Crippen molar-refractivity contribution in [2.24, 2.45) is 13.0 Å². The SMILES string of the molecule is CC.CC#CC(=O)NCCCNC(C)c1cc2c(c(C(F)(F)F)c1)CN(c1cccc(C3CC(C)C3)c1)C2=O.Cn1cnnc1. The smallest absolute Gasteiger partial charge is 0.345 e. The summed E-state index contributed by atoms with van der Waals surface area (Å²) in [7, 11) is 1.88. The zero-order valence-electron chi connectivity index (χ0n) is 26.8. The van der Waals surface area contributed by atoms with Gasteiger partial charge in [-0.15, -0.1) is 10.2 Å². The van der Waals surface area contributed by atoms with Crippen LogP contribution in [0.4, 0.5) is 18.9 Å². The monoisotopic (exact) mass is 624 g/mol. The first-order valence-corrected chi connectivity index (χ1v) is 15.4. The number of nitrogens with one attached hydrogen (secondary N) is 2. The topological polar surface area (TPSA) is 92.2 Å². The maximum Gasteiger partial charge on any atom is 0.416 e. The second kappa shape index (κ2) is 16.2. The van der Waals surface area contributed by atoms with E-state index >= 15 is 0 Å². The lowest BCUT2D eigenvalue weighted by molar-refractivity contribution is -0.138. The van der Waals surface area contributed by atoms with Gasteiger partial charge in [-0.25, -0.2) is 0 Å². The molecule has 3 aromatic rings. The normalized spacial score (nSPS) is 17.4. The van der Waals surface area contributed by atoms with Gasteiger partial charge >= 0.3 is 6.18 Å². The van der Waals surface area contributed by atoms with Crippen molar-refractivity contribution in [3.63, 3.8) is 0 Å². The van der Waals surface area contributed by atoms with E-state index in [2.05, 4.69) is 39.6 Å². The Hall–Kier alpha value is -4.17. The van der Waals surface area contributed by atoms with Crippen LogP contribution in [0.25, 0.3) is 0 Å². The Bertz CT molecular complexity index is 1490. The summed E-state index contributed by atoms with van der Waals surface area (Å²) in [5.74, 6) is 5.24. The van der Waals surface area contributed by atoms with Crippen LogP contribution in [0.1, 0.15) is 98.5 Å². The Balaban J connectivity index is 0.000000608. The average molecular weight is 625 g/mol. The van der Waals surface area contributed by atoms with E-state index in [0.29, 0.717) is 42.6 Å². The Morgan fingerprint density at radius 2 is 1.80 bits per heavy atom. The number of benzene rings is 2. The Morgan fingerprint density at radius 3 is 2.38 bits per heavy atom. The second-order valence-electron chi connectivity index (χ2n) is 11.1. The van der Waals surface area contributed by atoms with Gasteiger partial charge in [0.05, 0.1) is 12.1 Å². The molecular formula is C34H43F3N6O2. The van der Waals surface area contributed by atoms with Gasteiger partial charge in [-0.05, 0) is 98.4 Å². The third-order valence-electron chi connectivity index (χ3n) is 7.76. The van der Waals surface area contributed by atoms with Gasteiger partial charge in [0.2, 0.25) is 0 Å². The standard InChI is InChI=1S/C29H32F3N3O2.C3H5N3.C2H6/c1-4-7-27(36)34-11-6-10-33-19(3)21-15-24-25(26(16-21)29(30,31)32)17-35(28(24)37)23-9-5-8-20(14-23)22-12-18(2)13-22;1-6-2-4-5-3-6;1-2/h5,8-9,14-16,18-19,22,33H,6,10-13,17H2,1-3H3,(H,34,36);2-3H,1H3;1-2H3. The van der Waals surface area contributed by atoms with Crippen LogP contribution in [0.2, 0.25) is 0 Å². The van der Waals surface area contributed by atoms with Gasteiger partial charge in [-0.1, -0.05) is 38.8 Å². The summed E-state index contributed by atoms with van der Waals surface area (Å²) < 4.78 is 44.1. The molecule has 1 aliphatic carbocycles. The zero-order chi connectivity index (χ0) is 33.1. The van der Waals surface area contributed by atoms with Crippen molar-refractivity contribution in [2.75, 3.05) is 18.0 Å². The van der Waals surface area contributed by atoms with E-state index in [0.717, 1.165) is 24.5 Å². The maximum atomic E-state index is 14.1. The molecule has 0 radical (unpaired) electrons. The number of carbonyl (C=O) groups excluding carboxylic acids is 2. The summed E-state index contributed by atoms with van der Waals surface area (Å²) in [4.78, 5) is 26.2. The largest absolute Gasteiger partial charge is 0.416 e. The Kier molecular flexibility index (Phi) is 12.7. The van der Waals surface area contributed by atoms with E-state index in [1.54, 1.807) is 43.2 Å². The number of aromatic nitrogens is 3. The third kappa shape index (κ3) is 9.41. The number of carbonyl (C=O) groups is 2. The molecule has 11 heteroatoms. The molecule has 8 nitrogen and oxygen atoms in total. The number of rotatable bonds is 8. The number of halogens is 3. The fraction of sp³-hybridized carbons (Fsp3) is 0.471. The lowest BCUT2D eigenvalue weighted by atomic mass is 9.72. The van der Waals surface area contributed by atoms with E-state index in [1.807, 2.05) is 39.1 Å². The number of anilines is 1. The first-order valence-electron chi connectivity index (χ1n) is 15.4. The highest BCUT2D eigenvalue weighted by Gasteiger charge is 2.41. The summed E-state index contributed by atoms with van der Waals surface area (Å²) >= 11 is 0. The van der Waals surface area contributed by atoms with Crippen molar-refractivity contribution in [3.8, 4) is 11.8 Å². The number of aryl methyl sites for hydroxylation is 1. The van der Waals surface area contributed by atoms with E-state index < -0.39 is 23.7 Å².